The molecule has 1 N–H and O–H groups in total. The monoisotopic (exact) mass is 378 g/mol. The minimum Gasteiger partial charge on any atom is -0.508 e. The van der Waals surface area contributed by atoms with Crippen molar-refractivity contribution in [3.05, 3.63) is 59.4 Å². The van der Waals surface area contributed by atoms with Crippen LogP contribution in [0.25, 0.3) is 11.3 Å². The second kappa shape index (κ2) is 7.42. The third-order valence-electron chi connectivity index (χ3n) is 5.28. The second-order valence-corrected chi connectivity index (χ2v) is 7.14. The maximum absolute atomic E-state index is 12.6. The molecule has 7 nitrogen and oxygen atoms in total. The average Bonchev–Trinajstić information content (AvgIpc) is 3.06. The molecule has 0 spiro atoms. The van der Waals surface area contributed by atoms with Crippen molar-refractivity contribution in [2.45, 2.75) is 32.6 Å². The van der Waals surface area contributed by atoms with Crippen LogP contribution in [0.2, 0.25) is 0 Å². The first-order valence-corrected chi connectivity index (χ1v) is 9.36. The molecule has 3 aromatic rings. The van der Waals surface area contributed by atoms with Crippen LogP contribution >= 0.6 is 0 Å². The molecule has 0 atom stereocenters. The van der Waals surface area contributed by atoms with Crippen LogP contribution in [0.5, 0.6) is 5.75 Å². The van der Waals surface area contributed by atoms with Crippen LogP contribution in [0.3, 0.4) is 0 Å². The van der Waals surface area contributed by atoms with Gasteiger partial charge >= 0.3 is 0 Å². The molecule has 1 saturated heterocycles. The lowest BCUT2D eigenvalue weighted by molar-refractivity contribution is 0.0712. The van der Waals surface area contributed by atoms with Crippen molar-refractivity contribution in [3.63, 3.8) is 0 Å². The number of phenols is 1. The van der Waals surface area contributed by atoms with E-state index < -0.39 is 0 Å². The van der Waals surface area contributed by atoms with Gasteiger partial charge in [0.05, 0.1) is 28.8 Å². The summed E-state index contributed by atoms with van der Waals surface area (Å²) in [5, 5.41) is 13.3. The zero-order valence-corrected chi connectivity index (χ0v) is 15.9. The van der Waals surface area contributed by atoms with E-state index in [-0.39, 0.29) is 17.6 Å². The van der Waals surface area contributed by atoms with Gasteiger partial charge < -0.3 is 14.5 Å². The predicted octanol–water partition coefficient (Wildman–Crippen LogP) is 3.47. The maximum atomic E-state index is 12.6. The van der Waals surface area contributed by atoms with Crippen molar-refractivity contribution in [2.24, 2.45) is 0 Å². The molecule has 4 rings (SSSR count). The number of rotatable bonds is 3. The van der Waals surface area contributed by atoms with E-state index in [0.29, 0.717) is 18.7 Å². The van der Waals surface area contributed by atoms with Gasteiger partial charge in [0.15, 0.2) is 0 Å². The lowest BCUT2D eigenvalue weighted by atomic mass is 9.93. The maximum Gasteiger partial charge on any atom is 0.253 e. The number of carbonyl (C=O) groups is 1. The SMILES string of the molecule is Cc1noc(C)c1-c1cnc(C2CCN(C(=O)c3ccc(O)cc3)CC2)cn1. The molecule has 1 amide bonds. The molecule has 28 heavy (non-hydrogen) atoms. The van der Waals surface area contributed by atoms with Gasteiger partial charge in [-0.15, -0.1) is 0 Å². The quantitative estimate of drug-likeness (QED) is 0.750. The molecule has 0 bridgehead atoms. The molecule has 1 fully saturated rings. The van der Waals surface area contributed by atoms with E-state index in [4.69, 9.17) is 4.52 Å². The molecule has 1 aliphatic rings. The summed E-state index contributed by atoms with van der Waals surface area (Å²) in [6.45, 7) is 5.11. The summed E-state index contributed by atoms with van der Waals surface area (Å²) in [7, 11) is 0. The van der Waals surface area contributed by atoms with Crippen molar-refractivity contribution in [1.29, 1.82) is 0 Å². The molecule has 0 radical (unpaired) electrons. The molecule has 1 aliphatic heterocycles. The van der Waals surface area contributed by atoms with E-state index in [1.807, 2.05) is 24.9 Å². The molecular formula is C21H22N4O3. The van der Waals surface area contributed by atoms with Gasteiger partial charge in [-0.25, -0.2) is 0 Å². The minimum atomic E-state index is -0.00158. The molecule has 0 unspecified atom stereocenters. The average molecular weight is 378 g/mol. The van der Waals surface area contributed by atoms with Gasteiger partial charge in [0.25, 0.3) is 5.91 Å². The topological polar surface area (TPSA) is 92.4 Å². The fourth-order valence-corrected chi connectivity index (χ4v) is 3.69. The predicted molar refractivity (Wildman–Crippen MR) is 103 cm³/mol. The Bertz CT molecular complexity index is 952. The van der Waals surface area contributed by atoms with Crippen LogP contribution in [-0.2, 0) is 0 Å². The summed E-state index contributed by atoms with van der Waals surface area (Å²) >= 11 is 0. The van der Waals surface area contributed by atoms with Gasteiger partial charge in [-0.1, -0.05) is 5.16 Å². The smallest absolute Gasteiger partial charge is 0.253 e. The van der Waals surface area contributed by atoms with Crippen LogP contribution in [0.15, 0.2) is 41.2 Å². The summed E-state index contributed by atoms with van der Waals surface area (Å²) in [4.78, 5) is 23.6. The lowest BCUT2D eigenvalue weighted by Crippen LogP contribution is -2.38. The number of hydrogen-bond donors (Lipinski definition) is 1. The van der Waals surface area contributed by atoms with Gasteiger partial charge in [-0.3, -0.25) is 14.8 Å². The summed E-state index contributed by atoms with van der Waals surface area (Å²) in [5.74, 6) is 1.18. The highest BCUT2D eigenvalue weighted by molar-refractivity contribution is 5.94. The standard InChI is InChI=1S/C21H22N4O3/c1-13-20(14(2)28-24-13)19-12-22-18(11-23-19)15-7-9-25(10-8-15)21(27)16-3-5-17(26)6-4-16/h3-6,11-12,15,26H,7-10H2,1-2H3. The van der Waals surface area contributed by atoms with Crippen LogP contribution in [-0.4, -0.2) is 44.1 Å². The van der Waals surface area contributed by atoms with E-state index in [2.05, 4.69) is 15.1 Å². The van der Waals surface area contributed by atoms with Gasteiger partial charge in [-0.05, 0) is 51.0 Å². The van der Waals surface area contributed by atoms with Crippen molar-refractivity contribution in [3.8, 4) is 17.0 Å². The first-order valence-electron chi connectivity index (χ1n) is 9.36. The number of piperidine rings is 1. The largest absolute Gasteiger partial charge is 0.508 e. The number of amides is 1. The number of nitrogens with zero attached hydrogens (tertiary/aromatic N) is 4. The number of aryl methyl sites for hydroxylation is 2. The Hall–Kier alpha value is -3.22. The number of likely N-dealkylation sites (tertiary alicyclic amines) is 1. The lowest BCUT2D eigenvalue weighted by Gasteiger charge is -2.31. The van der Waals surface area contributed by atoms with Crippen molar-refractivity contribution >= 4 is 5.91 Å². The Morgan fingerprint density at radius 2 is 1.82 bits per heavy atom. The Morgan fingerprint density at radius 1 is 1.11 bits per heavy atom. The Labute approximate surface area is 163 Å². The van der Waals surface area contributed by atoms with Crippen LogP contribution < -0.4 is 0 Å². The fraction of sp³-hybridized carbons (Fsp3) is 0.333. The third-order valence-corrected chi connectivity index (χ3v) is 5.28. The van der Waals surface area contributed by atoms with Crippen molar-refractivity contribution in [2.75, 3.05) is 13.1 Å². The number of phenolic OH excluding ortho intramolecular Hbond substituents is 1. The number of benzene rings is 1. The number of aromatic nitrogens is 3. The van der Waals surface area contributed by atoms with Crippen molar-refractivity contribution in [1.82, 2.24) is 20.0 Å². The van der Waals surface area contributed by atoms with E-state index in [1.54, 1.807) is 18.3 Å². The van der Waals surface area contributed by atoms with E-state index >= 15 is 0 Å². The molecular weight excluding hydrogens is 356 g/mol. The van der Waals surface area contributed by atoms with E-state index in [1.165, 1.54) is 12.1 Å². The Morgan fingerprint density at radius 3 is 2.39 bits per heavy atom. The molecule has 1 aromatic carbocycles. The summed E-state index contributed by atoms with van der Waals surface area (Å²) < 4.78 is 5.20. The molecule has 0 aliphatic carbocycles. The first-order chi connectivity index (χ1) is 13.5. The molecule has 7 heteroatoms. The van der Waals surface area contributed by atoms with Crippen molar-refractivity contribution < 1.29 is 14.4 Å². The normalized spacial score (nSPS) is 15.0. The van der Waals surface area contributed by atoms with E-state index in [0.717, 1.165) is 41.2 Å². The molecule has 0 saturated carbocycles. The Balaban J connectivity index is 1.41. The first kappa shape index (κ1) is 18.2. The fourth-order valence-electron chi connectivity index (χ4n) is 3.69. The van der Waals surface area contributed by atoms with Gasteiger partial charge in [0.1, 0.15) is 11.5 Å². The third kappa shape index (κ3) is 3.47. The van der Waals surface area contributed by atoms with Crippen LogP contribution in [0.4, 0.5) is 0 Å². The summed E-state index contributed by atoms with van der Waals surface area (Å²) in [6, 6.07) is 6.39. The van der Waals surface area contributed by atoms with Gasteiger partial charge in [-0.2, -0.15) is 0 Å². The zero-order chi connectivity index (χ0) is 19.7. The van der Waals surface area contributed by atoms with Crippen LogP contribution in [0.1, 0.15) is 46.3 Å². The zero-order valence-electron chi connectivity index (χ0n) is 15.9. The highest BCUT2D eigenvalue weighted by atomic mass is 16.5. The highest BCUT2D eigenvalue weighted by Crippen LogP contribution is 2.29. The highest BCUT2D eigenvalue weighted by Gasteiger charge is 2.26. The Kier molecular flexibility index (Phi) is 4.81. The number of hydrogen-bond acceptors (Lipinski definition) is 6. The van der Waals surface area contributed by atoms with Gasteiger partial charge in [0, 0.05) is 30.8 Å². The van der Waals surface area contributed by atoms with Gasteiger partial charge in [0.2, 0.25) is 0 Å². The number of carbonyl (C=O) groups excluding carboxylic acids is 1. The molecule has 2 aromatic heterocycles. The molecule has 3 heterocycles. The van der Waals surface area contributed by atoms with E-state index in [9.17, 15) is 9.90 Å². The summed E-state index contributed by atoms with van der Waals surface area (Å²) in [5.41, 5.74) is 4.01. The second-order valence-electron chi connectivity index (χ2n) is 7.14. The summed E-state index contributed by atoms with van der Waals surface area (Å²) in [6.07, 6.45) is 5.30. The minimum absolute atomic E-state index is 0.00158. The molecule has 144 valence electrons. The number of aromatic hydroxyl groups is 1. The van der Waals surface area contributed by atoms with Crippen LogP contribution in [0, 0.1) is 13.8 Å².